The molecule has 0 saturated heterocycles. The van der Waals surface area contributed by atoms with Crippen molar-refractivity contribution in [1.29, 1.82) is 0 Å². The van der Waals surface area contributed by atoms with Gasteiger partial charge >= 0.3 is 6.18 Å². The second kappa shape index (κ2) is 6.05. The first-order valence-electron chi connectivity index (χ1n) is 6.21. The molecule has 5 heteroatoms. The van der Waals surface area contributed by atoms with Gasteiger partial charge in [0, 0.05) is 19.2 Å². The normalized spacial score (nSPS) is 18.7. The summed E-state index contributed by atoms with van der Waals surface area (Å²) in [6, 6.07) is 0.467. The van der Waals surface area contributed by atoms with Crippen LogP contribution in [0.4, 0.5) is 13.2 Å². The van der Waals surface area contributed by atoms with E-state index in [9.17, 15) is 13.2 Å². The molecule has 1 saturated carbocycles. The van der Waals surface area contributed by atoms with Gasteiger partial charge in [0.2, 0.25) is 0 Å². The maximum absolute atomic E-state index is 11.8. The third-order valence-electron chi connectivity index (χ3n) is 3.10. The van der Waals surface area contributed by atoms with E-state index in [-0.39, 0.29) is 6.61 Å². The molecule has 17 heavy (non-hydrogen) atoms. The Hall–Kier alpha value is -0.290. The van der Waals surface area contributed by atoms with Crippen molar-refractivity contribution >= 4 is 0 Å². The second-order valence-corrected chi connectivity index (χ2v) is 5.31. The van der Waals surface area contributed by atoms with Gasteiger partial charge in [-0.15, -0.1) is 0 Å². The summed E-state index contributed by atoms with van der Waals surface area (Å²) in [5.74, 6) is 0. The van der Waals surface area contributed by atoms with Crippen LogP contribution in [-0.4, -0.2) is 32.0 Å². The van der Waals surface area contributed by atoms with Crippen molar-refractivity contribution in [3.8, 4) is 0 Å². The molecule has 102 valence electrons. The summed E-state index contributed by atoms with van der Waals surface area (Å²) in [7, 11) is 0. The van der Waals surface area contributed by atoms with Crippen molar-refractivity contribution < 1.29 is 17.9 Å². The molecule has 0 aromatic heterocycles. The summed E-state index contributed by atoms with van der Waals surface area (Å²) < 4.78 is 40.0. The van der Waals surface area contributed by atoms with Crippen molar-refractivity contribution in [2.45, 2.75) is 51.7 Å². The third kappa shape index (κ3) is 6.88. The molecule has 1 N–H and O–H groups in total. The number of halogens is 3. The molecular weight excluding hydrogens is 231 g/mol. The number of ether oxygens (including phenoxy) is 1. The highest BCUT2D eigenvalue weighted by atomic mass is 19.4. The Labute approximate surface area is 101 Å². The van der Waals surface area contributed by atoms with Gasteiger partial charge in [0.05, 0.1) is 0 Å². The van der Waals surface area contributed by atoms with Gasteiger partial charge < -0.3 is 10.1 Å². The standard InChI is InChI=1S/C12H22F3NO/c1-10(2)16-8-11(5-6-11)4-3-7-17-9-12(13,14)15/h10,16H,3-9H2,1-2H3. The van der Waals surface area contributed by atoms with Crippen LogP contribution in [0.2, 0.25) is 0 Å². The molecule has 1 aliphatic carbocycles. The predicted octanol–water partition coefficient (Wildman–Crippen LogP) is 3.12. The molecule has 0 aromatic carbocycles. The number of hydrogen-bond acceptors (Lipinski definition) is 2. The maximum atomic E-state index is 11.8. The third-order valence-corrected chi connectivity index (χ3v) is 3.10. The molecule has 1 aliphatic rings. The zero-order chi connectivity index (χ0) is 12.9. The molecule has 2 nitrogen and oxygen atoms in total. The molecule has 0 atom stereocenters. The zero-order valence-corrected chi connectivity index (χ0v) is 10.6. The van der Waals surface area contributed by atoms with Crippen molar-refractivity contribution in [2.75, 3.05) is 19.8 Å². The molecule has 0 radical (unpaired) electrons. The summed E-state index contributed by atoms with van der Waals surface area (Å²) in [6.45, 7) is 4.27. The van der Waals surface area contributed by atoms with E-state index in [1.165, 1.54) is 12.8 Å². The van der Waals surface area contributed by atoms with E-state index in [4.69, 9.17) is 0 Å². The van der Waals surface area contributed by atoms with Crippen LogP contribution in [0.5, 0.6) is 0 Å². The van der Waals surface area contributed by atoms with E-state index < -0.39 is 12.8 Å². The summed E-state index contributed by atoms with van der Waals surface area (Å²) in [5.41, 5.74) is 0.339. The monoisotopic (exact) mass is 253 g/mol. The first kappa shape index (κ1) is 14.8. The quantitative estimate of drug-likeness (QED) is 0.671. The Balaban J connectivity index is 2.02. The van der Waals surface area contributed by atoms with Gasteiger partial charge in [-0.1, -0.05) is 13.8 Å². The van der Waals surface area contributed by atoms with Crippen molar-refractivity contribution in [2.24, 2.45) is 5.41 Å². The highest BCUT2D eigenvalue weighted by molar-refractivity contribution is 4.94. The summed E-state index contributed by atoms with van der Waals surface area (Å²) >= 11 is 0. The number of rotatable bonds is 8. The first-order chi connectivity index (χ1) is 7.83. The topological polar surface area (TPSA) is 21.3 Å². The number of hydrogen-bond donors (Lipinski definition) is 1. The molecule has 0 bridgehead atoms. The summed E-state index contributed by atoms with van der Waals surface area (Å²) in [4.78, 5) is 0. The van der Waals surface area contributed by atoms with Crippen LogP contribution < -0.4 is 5.32 Å². The minimum atomic E-state index is -4.20. The Morgan fingerprint density at radius 2 is 1.94 bits per heavy atom. The Bertz CT molecular complexity index is 224. The van der Waals surface area contributed by atoms with Gasteiger partial charge in [-0.3, -0.25) is 0 Å². The zero-order valence-electron chi connectivity index (χ0n) is 10.6. The van der Waals surface area contributed by atoms with E-state index >= 15 is 0 Å². The molecular formula is C12H22F3NO. The fourth-order valence-electron chi connectivity index (χ4n) is 1.85. The van der Waals surface area contributed by atoms with Gasteiger partial charge in [0.25, 0.3) is 0 Å². The minimum absolute atomic E-state index is 0.211. The lowest BCUT2D eigenvalue weighted by molar-refractivity contribution is -0.174. The largest absolute Gasteiger partial charge is 0.411 e. The van der Waals surface area contributed by atoms with Crippen LogP contribution in [0.15, 0.2) is 0 Å². The molecule has 1 rings (SSSR count). The van der Waals surface area contributed by atoms with E-state index in [1.807, 2.05) is 0 Å². The SMILES string of the molecule is CC(C)NCC1(CCCOCC(F)(F)F)CC1. The lowest BCUT2D eigenvalue weighted by Crippen LogP contribution is -2.30. The highest BCUT2D eigenvalue weighted by Gasteiger charge is 2.41. The summed E-state index contributed by atoms with van der Waals surface area (Å²) in [5, 5.41) is 3.39. The van der Waals surface area contributed by atoms with Gasteiger partial charge in [-0.05, 0) is 31.1 Å². The van der Waals surface area contributed by atoms with Crippen LogP contribution in [0.3, 0.4) is 0 Å². The molecule has 0 aliphatic heterocycles. The lowest BCUT2D eigenvalue weighted by atomic mass is 10.0. The maximum Gasteiger partial charge on any atom is 0.411 e. The van der Waals surface area contributed by atoms with Crippen molar-refractivity contribution in [3.63, 3.8) is 0 Å². The number of alkyl halides is 3. The van der Waals surface area contributed by atoms with Gasteiger partial charge in [0.1, 0.15) is 6.61 Å². The molecule has 0 amide bonds. The van der Waals surface area contributed by atoms with Crippen molar-refractivity contribution in [3.05, 3.63) is 0 Å². The fourth-order valence-corrected chi connectivity index (χ4v) is 1.85. The smallest absolute Gasteiger partial charge is 0.372 e. The Kier molecular flexibility index (Phi) is 5.25. The Morgan fingerprint density at radius 3 is 2.41 bits per heavy atom. The average Bonchev–Trinajstić information content (AvgIpc) is 2.94. The molecule has 0 heterocycles. The van der Waals surface area contributed by atoms with Gasteiger partial charge in [0.15, 0.2) is 0 Å². The predicted molar refractivity (Wildman–Crippen MR) is 60.9 cm³/mol. The van der Waals surface area contributed by atoms with Crippen LogP contribution in [-0.2, 0) is 4.74 Å². The number of nitrogens with one attached hydrogen (secondary N) is 1. The lowest BCUT2D eigenvalue weighted by Gasteiger charge is -2.18. The van der Waals surface area contributed by atoms with Gasteiger partial charge in [-0.2, -0.15) is 13.2 Å². The Morgan fingerprint density at radius 1 is 1.29 bits per heavy atom. The second-order valence-electron chi connectivity index (χ2n) is 5.31. The fraction of sp³-hybridized carbons (Fsp3) is 1.00. The van der Waals surface area contributed by atoms with E-state index in [1.54, 1.807) is 0 Å². The van der Waals surface area contributed by atoms with Gasteiger partial charge in [-0.25, -0.2) is 0 Å². The molecule has 0 spiro atoms. The first-order valence-corrected chi connectivity index (χ1v) is 6.21. The molecule has 0 aromatic rings. The van der Waals surface area contributed by atoms with Crippen LogP contribution in [0.1, 0.15) is 39.5 Å². The van der Waals surface area contributed by atoms with Crippen LogP contribution in [0, 0.1) is 5.41 Å². The van der Waals surface area contributed by atoms with Crippen LogP contribution >= 0.6 is 0 Å². The van der Waals surface area contributed by atoms with Crippen LogP contribution in [0.25, 0.3) is 0 Å². The molecule has 1 fully saturated rings. The highest BCUT2D eigenvalue weighted by Crippen LogP contribution is 2.49. The minimum Gasteiger partial charge on any atom is -0.372 e. The van der Waals surface area contributed by atoms with E-state index in [0.717, 1.165) is 19.4 Å². The summed E-state index contributed by atoms with van der Waals surface area (Å²) in [6.07, 6.45) is -0.144. The van der Waals surface area contributed by atoms with E-state index in [2.05, 4.69) is 23.9 Å². The van der Waals surface area contributed by atoms with Crippen molar-refractivity contribution in [1.82, 2.24) is 5.32 Å². The van der Waals surface area contributed by atoms with E-state index in [0.29, 0.717) is 11.5 Å². The molecule has 0 unspecified atom stereocenters. The average molecular weight is 253 g/mol.